The summed E-state index contributed by atoms with van der Waals surface area (Å²) in [7, 11) is 0. The van der Waals surface area contributed by atoms with E-state index in [-0.39, 0.29) is 17.7 Å². The molecule has 0 unspecified atom stereocenters. The van der Waals surface area contributed by atoms with Crippen molar-refractivity contribution in [1.29, 1.82) is 0 Å². The maximum atomic E-state index is 11.3. The highest BCUT2D eigenvalue weighted by Crippen LogP contribution is 2.05. The molecule has 0 fully saturated rings. The highest BCUT2D eigenvalue weighted by molar-refractivity contribution is 5.68. The minimum atomic E-state index is -0.401. The van der Waals surface area contributed by atoms with Crippen LogP contribution in [-0.4, -0.2) is 23.8 Å². The average molecular weight is 202 g/mol. The van der Waals surface area contributed by atoms with Gasteiger partial charge in [0.05, 0.1) is 0 Å². The lowest BCUT2D eigenvalue weighted by atomic mass is 10.1. The molecule has 4 nitrogen and oxygen atoms in total. The molecule has 14 heavy (non-hydrogen) atoms. The van der Waals surface area contributed by atoms with Gasteiger partial charge in [-0.2, -0.15) is 0 Å². The molecular weight excluding hydrogens is 180 g/mol. The quantitative estimate of drug-likeness (QED) is 0.731. The Morgan fingerprint density at radius 2 is 2.00 bits per heavy atom. The van der Waals surface area contributed by atoms with Crippen LogP contribution in [0.15, 0.2) is 0 Å². The molecular formula is C10H22N2O2. The molecule has 2 atom stereocenters. The van der Waals surface area contributed by atoms with Crippen LogP contribution in [0, 0.1) is 0 Å². The summed E-state index contributed by atoms with van der Waals surface area (Å²) in [5.74, 6) is 0. The number of ether oxygens (including phenoxy) is 1. The average Bonchev–Trinajstić information content (AvgIpc) is 1.96. The number of hydrogen-bond acceptors (Lipinski definition) is 3. The molecule has 0 aromatic rings. The maximum absolute atomic E-state index is 11.3. The largest absolute Gasteiger partial charge is 0.445 e. The summed E-state index contributed by atoms with van der Waals surface area (Å²) in [5.41, 5.74) is 5.38. The summed E-state index contributed by atoms with van der Waals surface area (Å²) in [4.78, 5) is 11.3. The van der Waals surface area contributed by atoms with Crippen molar-refractivity contribution in [3.8, 4) is 0 Å². The predicted molar refractivity (Wildman–Crippen MR) is 57.1 cm³/mol. The lowest BCUT2D eigenvalue weighted by Gasteiger charge is -2.24. The van der Waals surface area contributed by atoms with Crippen LogP contribution in [0.4, 0.5) is 4.79 Å². The van der Waals surface area contributed by atoms with Gasteiger partial charge in [0.2, 0.25) is 0 Å². The summed E-state index contributed by atoms with van der Waals surface area (Å²) in [5, 5.41) is 2.72. The second kappa shape index (κ2) is 5.20. The first-order valence-electron chi connectivity index (χ1n) is 5.00. The van der Waals surface area contributed by atoms with Crippen molar-refractivity contribution in [2.75, 3.05) is 0 Å². The molecule has 0 aromatic heterocycles. The van der Waals surface area contributed by atoms with Gasteiger partial charge >= 0.3 is 6.09 Å². The Balaban J connectivity index is 4.04. The van der Waals surface area contributed by atoms with E-state index in [1.165, 1.54) is 0 Å². The van der Waals surface area contributed by atoms with Crippen molar-refractivity contribution >= 4 is 6.09 Å². The Morgan fingerprint density at radius 1 is 1.50 bits per heavy atom. The number of amides is 1. The van der Waals surface area contributed by atoms with Crippen LogP contribution in [0.5, 0.6) is 0 Å². The summed E-state index contributed by atoms with van der Waals surface area (Å²) in [6.07, 6.45) is 0.119. The predicted octanol–water partition coefficient (Wildman–Crippen LogP) is 1.64. The molecule has 1 amide bonds. The fourth-order valence-electron chi connectivity index (χ4n) is 1.04. The number of carbonyl (C=O) groups excluding carboxylic acids is 1. The smallest absolute Gasteiger partial charge is 0.407 e. The molecule has 0 rings (SSSR count). The van der Waals surface area contributed by atoms with E-state index in [4.69, 9.17) is 10.5 Å². The minimum Gasteiger partial charge on any atom is -0.445 e. The first-order chi connectivity index (χ1) is 6.26. The Bertz CT molecular complexity index is 185. The highest BCUT2D eigenvalue weighted by atomic mass is 16.6. The van der Waals surface area contributed by atoms with E-state index in [0.29, 0.717) is 0 Å². The van der Waals surface area contributed by atoms with Crippen LogP contribution >= 0.6 is 0 Å². The second-order valence-electron chi connectivity index (χ2n) is 4.59. The lowest BCUT2D eigenvalue weighted by Crippen LogP contribution is -2.45. The normalized spacial score (nSPS) is 15.9. The van der Waals surface area contributed by atoms with Crippen LogP contribution in [0.25, 0.3) is 0 Å². The maximum Gasteiger partial charge on any atom is 0.407 e. The Kier molecular flexibility index (Phi) is 4.91. The van der Waals surface area contributed by atoms with E-state index in [1.54, 1.807) is 0 Å². The molecule has 0 aromatic carbocycles. The van der Waals surface area contributed by atoms with Crippen LogP contribution in [0.1, 0.15) is 41.0 Å². The molecule has 0 aliphatic rings. The van der Waals surface area contributed by atoms with Crippen molar-refractivity contribution in [2.45, 2.75) is 58.7 Å². The van der Waals surface area contributed by atoms with Gasteiger partial charge < -0.3 is 15.8 Å². The Hall–Kier alpha value is -0.770. The van der Waals surface area contributed by atoms with Gasteiger partial charge in [0.1, 0.15) is 6.10 Å². The fourth-order valence-corrected chi connectivity index (χ4v) is 1.04. The van der Waals surface area contributed by atoms with Crippen molar-refractivity contribution in [1.82, 2.24) is 5.32 Å². The van der Waals surface area contributed by atoms with E-state index < -0.39 is 6.09 Å². The minimum absolute atomic E-state index is 0.134. The SMILES string of the molecule is CC[C@H](OC(=O)NC(C)(C)C)[C@@H](C)N. The summed E-state index contributed by atoms with van der Waals surface area (Å²) >= 11 is 0. The van der Waals surface area contributed by atoms with Crippen molar-refractivity contribution < 1.29 is 9.53 Å². The number of carbonyl (C=O) groups is 1. The Labute approximate surface area is 86.2 Å². The van der Waals surface area contributed by atoms with E-state index in [9.17, 15) is 4.79 Å². The standard InChI is InChI=1S/C10H22N2O2/c1-6-8(7(2)11)14-9(13)12-10(3,4)5/h7-8H,6,11H2,1-5H3,(H,12,13)/t7-,8+/m1/s1. The number of alkyl carbamates (subject to hydrolysis) is 1. The fraction of sp³-hybridized carbons (Fsp3) is 0.900. The van der Waals surface area contributed by atoms with E-state index >= 15 is 0 Å². The number of hydrogen-bond donors (Lipinski definition) is 2. The van der Waals surface area contributed by atoms with Crippen LogP contribution in [0.3, 0.4) is 0 Å². The third-order valence-electron chi connectivity index (χ3n) is 1.72. The molecule has 0 aliphatic carbocycles. The summed E-state index contributed by atoms with van der Waals surface area (Å²) < 4.78 is 5.16. The number of nitrogens with one attached hydrogen (secondary N) is 1. The highest BCUT2D eigenvalue weighted by Gasteiger charge is 2.20. The van der Waals surface area contributed by atoms with Crippen LogP contribution in [-0.2, 0) is 4.74 Å². The van der Waals surface area contributed by atoms with Crippen molar-refractivity contribution in [2.24, 2.45) is 5.73 Å². The number of nitrogens with two attached hydrogens (primary N) is 1. The third kappa shape index (κ3) is 5.80. The first kappa shape index (κ1) is 13.2. The van der Waals surface area contributed by atoms with Gasteiger partial charge in [0.25, 0.3) is 0 Å². The number of rotatable bonds is 3. The van der Waals surface area contributed by atoms with Gasteiger partial charge in [-0.15, -0.1) is 0 Å². The molecule has 0 radical (unpaired) electrons. The third-order valence-corrected chi connectivity index (χ3v) is 1.72. The zero-order chi connectivity index (χ0) is 11.4. The van der Waals surface area contributed by atoms with Gasteiger partial charge in [-0.3, -0.25) is 0 Å². The van der Waals surface area contributed by atoms with Crippen LogP contribution in [0.2, 0.25) is 0 Å². The molecule has 0 aliphatic heterocycles. The van der Waals surface area contributed by atoms with E-state index in [0.717, 1.165) is 6.42 Å². The molecule has 3 N–H and O–H groups in total. The molecule has 84 valence electrons. The molecule has 0 bridgehead atoms. The van der Waals surface area contributed by atoms with E-state index in [1.807, 2.05) is 34.6 Å². The molecule has 0 saturated carbocycles. The van der Waals surface area contributed by atoms with Gasteiger partial charge in [-0.1, -0.05) is 6.92 Å². The summed E-state index contributed by atoms with van der Waals surface area (Å²) in [6.45, 7) is 9.49. The van der Waals surface area contributed by atoms with Gasteiger partial charge in [-0.05, 0) is 34.1 Å². The van der Waals surface area contributed by atoms with Gasteiger partial charge in [0.15, 0.2) is 0 Å². The molecule has 0 heterocycles. The molecule has 0 saturated heterocycles. The molecule has 0 spiro atoms. The monoisotopic (exact) mass is 202 g/mol. The van der Waals surface area contributed by atoms with Crippen molar-refractivity contribution in [3.05, 3.63) is 0 Å². The van der Waals surface area contributed by atoms with Crippen LogP contribution < -0.4 is 11.1 Å². The summed E-state index contributed by atoms with van der Waals surface area (Å²) in [6, 6.07) is -0.134. The van der Waals surface area contributed by atoms with Gasteiger partial charge in [0, 0.05) is 11.6 Å². The van der Waals surface area contributed by atoms with E-state index in [2.05, 4.69) is 5.32 Å². The zero-order valence-corrected chi connectivity index (χ0v) is 9.76. The first-order valence-corrected chi connectivity index (χ1v) is 5.00. The zero-order valence-electron chi connectivity index (χ0n) is 9.76. The second-order valence-corrected chi connectivity index (χ2v) is 4.59. The Morgan fingerprint density at radius 3 is 2.29 bits per heavy atom. The lowest BCUT2D eigenvalue weighted by molar-refractivity contribution is 0.0777. The van der Waals surface area contributed by atoms with Crippen molar-refractivity contribution in [3.63, 3.8) is 0 Å². The van der Waals surface area contributed by atoms with Gasteiger partial charge in [-0.25, -0.2) is 4.79 Å². The topological polar surface area (TPSA) is 64.3 Å². The molecule has 4 heteroatoms.